The molecule has 0 spiro atoms. The number of H-pyrrole nitrogens is 1. The van der Waals surface area contributed by atoms with Gasteiger partial charge in [-0.3, -0.25) is 9.36 Å². The van der Waals surface area contributed by atoms with Crippen molar-refractivity contribution in [2.24, 2.45) is 0 Å². The second kappa shape index (κ2) is 7.92. The molecule has 0 saturated carbocycles. The fraction of sp³-hybridized carbons (Fsp3) is 0.105. The minimum atomic E-state index is -0.238. The minimum Gasteiger partial charge on any atom is -0.457 e. The third-order valence-corrected chi connectivity index (χ3v) is 4.10. The molecule has 0 unspecified atom stereocenters. The average Bonchev–Trinajstić information content (AvgIpc) is 3.12. The summed E-state index contributed by atoms with van der Waals surface area (Å²) in [5.74, 6) is 1.73. The van der Waals surface area contributed by atoms with Crippen LogP contribution in [-0.4, -0.2) is 19.5 Å². The van der Waals surface area contributed by atoms with E-state index in [1.54, 1.807) is 0 Å². The maximum Gasteiger partial charge on any atom is 0.283 e. The predicted octanol–water partition coefficient (Wildman–Crippen LogP) is 3.16. The van der Waals surface area contributed by atoms with Crippen LogP contribution in [0.2, 0.25) is 0 Å². The van der Waals surface area contributed by atoms with Crippen molar-refractivity contribution in [1.82, 2.24) is 19.5 Å². The number of aromatic nitrogens is 4. The zero-order valence-electron chi connectivity index (χ0n) is 14.3. The summed E-state index contributed by atoms with van der Waals surface area (Å²) in [6, 6.07) is 17.4. The van der Waals surface area contributed by atoms with Crippen LogP contribution in [0.5, 0.6) is 11.5 Å². The van der Waals surface area contributed by atoms with Gasteiger partial charge in [0.2, 0.25) is 5.95 Å². The van der Waals surface area contributed by atoms with E-state index in [-0.39, 0.29) is 23.9 Å². The normalized spacial score (nSPS) is 10.5. The second-order valence-electron chi connectivity index (χ2n) is 5.84. The lowest BCUT2D eigenvalue weighted by Crippen LogP contribution is -2.25. The lowest BCUT2D eigenvalue weighted by Gasteiger charge is -2.09. The Bertz CT molecular complexity index is 1090. The number of aromatic amines is 1. The molecule has 0 saturated heterocycles. The SMILES string of the molecule is Cl.Nc1nc2[nH]cnc2c(=O)n1CCc1ccc(Oc2ccccc2)cc1. The van der Waals surface area contributed by atoms with E-state index in [1.807, 2.05) is 54.6 Å². The van der Waals surface area contributed by atoms with Gasteiger partial charge in [0, 0.05) is 6.54 Å². The Morgan fingerprint density at radius 2 is 1.74 bits per heavy atom. The Labute approximate surface area is 161 Å². The maximum atomic E-state index is 12.4. The number of anilines is 1. The van der Waals surface area contributed by atoms with Crippen molar-refractivity contribution in [2.45, 2.75) is 13.0 Å². The molecule has 2 heterocycles. The molecule has 2 aromatic heterocycles. The van der Waals surface area contributed by atoms with Crippen LogP contribution in [0.15, 0.2) is 65.7 Å². The summed E-state index contributed by atoms with van der Waals surface area (Å²) in [6.45, 7) is 0.430. The van der Waals surface area contributed by atoms with Crippen LogP contribution in [0.3, 0.4) is 0 Å². The predicted molar refractivity (Wildman–Crippen MR) is 106 cm³/mol. The number of rotatable bonds is 5. The quantitative estimate of drug-likeness (QED) is 0.551. The van der Waals surface area contributed by atoms with Crippen LogP contribution in [0.1, 0.15) is 5.56 Å². The molecule has 0 radical (unpaired) electrons. The minimum absolute atomic E-state index is 0. The average molecular weight is 384 g/mol. The van der Waals surface area contributed by atoms with E-state index in [9.17, 15) is 4.79 Å². The second-order valence-corrected chi connectivity index (χ2v) is 5.84. The Kier molecular flexibility index (Phi) is 5.42. The highest BCUT2D eigenvalue weighted by molar-refractivity contribution is 5.85. The molecule has 7 nitrogen and oxygen atoms in total. The number of imidazole rings is 1. The number of nitrogens with two attached hydrogens (primary N) is 1. The number of hydrogen-bond donors (Lipinski definition) is 2. The molecule has 0 fully saturated rings. The van der Waals surface area contributed by atoms with Crippen molar-refractivity contribution in [2.75, 3.05) is 5.73 Å². The van der Waals surface area contributed by atoms with E-state index in [0.717, 1.165) is 17.1 Å². The fourth-order valence-electron chi connectivity index (χ4n) is 2.74. The highest BCUT2D eigenvalue weighted by Crippen LogP contribution is 2.21. The summed E-state index contributed by atoms with van der Waals surface area (Å²) in [5, 5.41) is 0. The summed E-state index contributed by atoms with van der Waals surface area (Å²) < 4.78 is 7.22. The molecule has 0 aliphatic heterocycles. The molecule has 0 bridgehead atoms. The molecule has 8 heteroatoms. The van der Waals surface area contributed by atoms with Gasteiger partial charge in [0.1, 0.15) is 11.5 Å². The standard InChI is InChI=1S/C19H17N5O2.ClH/c20-19-23-17-16(21-12-22-17)18(25)24(19)11-10-13-6-8-15(9-7-13)26-14-4-2-1-3-5-14;/h1-9,12H,10-11H2,(H2,20,23)(H,21,22);1H. The molecule has 0 aliphatic carbocycles. The van der Waals surface area contributed by atoms with Crippen LogP contribution in [-0.2, 0) is 13.0 Å². The van der Waals surface area contributed by atoms with Crippen LogP contribution in [0.4, 0.5) is 5.95 Å². The molecule has 138 valence electrons. The van der Waals surface area contributed by atoms with Gasteiger partial charge in [0.15, 0.2) is 11.2 Å². The number of ether oxygens (including phenoxy) is 1. The van der Waals surface area contributed by atoms with Gasteiger partial charge >= 0.3 is 0 Å². The number of halogens is 1. The molecule has 4 aromatic rings. The van der Waals surface area contributed by atoms with E-state index in [2.05, 4.69) is 15.0 Å². The first-order chi connectivity index (χ1) is 12.7. The van der Waals surface area contributed by atoms with Crippen LogP contribution < -0.4 is 16.0 Å². The van der Waals surface area contributed by atoms with Crippen LogP contribution in [0.25, 0.3) is 11.2 Å². The Hall–Kier alpha value is -3.32. The van der Waals surface area contributed by atoms with Gasteiger partial charge in [0.05, 0.1) is 6.33 Å². The third kappa shape index (κ3) is 3.93. The van der Waals surface area contributed by atoms with Gasteiger partial charge in [-0.1, -0.05) is 30.3 Å². The summed E-state index contributed by atoms with van der Waals surface area (Å²) in [5.41, 5.74) is 7.44. The van der Waals surface area contributed by atoms with Crippen LogP contribution in [0, 0.1) is 0 Å². The lowest BCUT2D eigenvalue weighted by molar-refractivity contribution is 0.482. The summed E-state index contributed by atoms with van der Waals surface area (Å²) in [6.07, 6.45) is 2.08. The molecule has 3 N–H and O–H groups in total. The van der Waals surface area contributed by atoms with Crippen molar-refractivity contribution in [3.63, 3.8) is 0 Å². The van der Waals surface area contributed by atoms with Gasteiger partial charge in [-0.2, -0.15) is 4.98 Å². The van der Waals surface area contributed by atoms with E-state index >= 15 is 0 Å². The maximum absolute atomic E-state index is 12.4. The monoisotopic (exact) mass is 383 g/mol. The number of fused-ring (bicyclic) bond motifs is 1. The van der Waals surface area contributed by atoms with Crippen LogP contribution >= 0.6 is 12.4 Å². The van der Waals surface area contributed by atoms with Gasteiger partial charge in [0.25, 0.3) is 5.56 Å². The third-order valence-electron chi connectivity index (χ3n) is 4.10. The number of aryl methyl sites for hydroxylation is 1. The first-order valence-corrected chi connectivity index (χ1v) is 8.22. The number of para-hydroxylation sites is 1. The van der Waals surface area contributed by atoms with Crippen molar-refractivity contribution < 1.29 is 4.74 Å². The zero-order valence-corrected chi connectivity index (χ0v) is 15.1. The first-order valence-electron chi connectivity index (χ1n) is 8.22. The molecule has 0 atom stereocenters. The van der Waals surface area contributed by atoms with Crippen molar-refractivity contribution in [3.05, 3.63) is 76.8 Å². The van der Waals surface area contributed by atoms with Crippen molar-refractivity contribution in [3.8, 4) is 11.5 Å². The fourth-order valence-corrected chi connectivity index (χ4v) is 2.74. The highest BCUT2D eigenvalue weighted by Gasteiger charge is 2.10. The van der Waals surface area contributed by atoms with Gasteiger partial charge < -0.3 is 15.5 Å². The molecule has 0 aliphatic rings. The summed E-state index contributed by atoms with van der Waals surface area (Å²) in [4.78, 5) is 23.4. The number of nitrogens with one attached hydrogen (secondary N) is 1. The Morgan fingerprint density at radius 3 is 2.48 bits per heavy atom. The van der Waals surface area contributed by atoms with E-state index in [4.69, 9.17) is 10.5 Å². The largest absolute Gasteiger partial charge is 0.457 e. The smallest absolute Gasteiger partial charge is 0.283 e. The Morgan fingerprint density at radius 1 is 1.04 bits per heavy atom. The molecule has 0 amide bonds. The van der Waals surface area contributed by atoms with Crippen molar-refractivity contribution >= 4 is 29.5 Å². The van der Waals surface area contributed by atoms with E-state index < -0.39 is 0 Å². The lowest BCUT2D eigenvalue weighted by atomic mass is 10.1. The van der Waals surface area contributed by atoms with E-state index in [0.29, 0.717) is 24.1 Å². The molecular formula is C19H18ClN5O2. The number of nitrogens with zero attached hydrogens (tertiary/aromatic N) is 3. The molecule has 2 aromatic carbocycles. The zero-order chi connectivity index (χ0) is 17.9. The first kappa shape index (κ1) is 18.5. The summed E-state index contributed by atoms with van der Waals surface area (Å²) >= 11 is 0. The number of benzene rings is 2. The molecular weight excluding hydrogens is 366 g/mol. The van der Waals surface area contributed by atoms with Gasteiger partial charge in [-0.05, 0) is 36.2 Å². The van der Waals surface area contributed by atoms with Crippen molar-refractivity contribution in [1.29, 1.82) is 0 Å². The molecule has 27 heavy (non-hydrogen) atoms. The number of nitrogen functional groups attached to an aromatic ring is 1. The van der Waals surface area contributed by atoms with E-state index in [1.165, 1.54) is 10.9 Å². The Balaban J connectivity index is 0.00000210. The molecule has 4 rings (SSSR count). The highest BCUT2D eigenvalue weighted by atomic mass is 35.5. The topological polar surface area (TPSA) is 98.8 Å². The summed E-state index contributed by atoms with van der Waals surface area (Å²) in [7, 11) is 0. The van der Waals surface area contributed by atoms with Gasteiger partial charge in [-0.15, -0.1) is 12.4 Å². The van der Waals surface area contributed by atoms with Gasteiger partial charge in [-0.25, -0.2) is 4.98 Å². The number of hydrogen-bond acceptors (Lipinski definition) is 5.